The molecule has 188 valence electrons. The molecular formula is C26H35N5O4. The van der Waals surface area contributed by atoms with E-state index in [1.165, 1.54) is 0 Å². The van der Waals surface area contributed by atoms with Crippen molar-refractivity contribution in [3.63, 3.8) is 0 Å². The molecule has 0 aliphatic carbocycles. The minimum atomic E-state index is -0.148. The topological polar surface area (TPSA) is 90.7 Å². The number of piperidine rings is 1. The number of methoxy groups -OCH3 is 2. The van der Waals surface area contributed by atoms with E-state index < -0.39 is 0 Å². The van der Waals surface area contributed by atoms with Gasteiger partial charge < -0.3 is 24.4 Å². The monoisotopic (exact) mass is 481 g/mol. The molecule has 3 heterocycles. The summed E-state index contributed by atoms with van der Waals surface area (Å²) in [6, 6.07) is 6.01. The summed E-state index contributed by atoms with van der Waals surface area (Å²) in [5, 5.41) is 8.86. The van der Waals surface area contributed by atoms with Gasteiger partial charge in [-0.1, -0.05) is 0 Å². The van der Waals surface area contributed by atoms with Gasteiger partial charge in [0.15, 0.2) is 11.5 Å². The molecule has 4 rings (SSSR count). The van der Waals surface area contributed by atoms with Gasteiger partial charge in [-0.15, -0.1) is 0 Å². The van der Waals surface area contributed by atoms with E-state index in [-0.39, 0.29) is 11.9 Å². The lowest BCUT2D eigenvalue weighted by Crippen LogP contribution is -2.40. The van der Waals surface area contributed by atoms with E-state index in [1.807, 2.05) is 37.0 Å². The van der Waals surface area contributed by atoms with E-state index >= 15 is 0 Å². The Morgan fingerprint density at radius 1 is 1.14 bits per heavy atom. The fourth-order valence-corrected chi connectivity index (χ4v) is 4.61. The van der Waals surface area contributed by atoms with Crippen LogP contribution in [0.25, 0.3) is 10.9 Å². The highest BCUT2D eigenvalue weighted by atomic mass is 16.5. The highest BCUT2D eigenvalue weighted by Gasteiger charge is 2.29. The fourth-order valence-electron chi connectivity index (χ4n) is 4.61. The van der Waals surface area contributed by atoms with Crippen molar-refractivity contribution in [2.75, 3.05) is 38.8 Å². The molecule has 0 saturated carbocycles. The summed E-state index contributed by atoms with van der Waals surface area (Å²) in [6.07, 6.45) is 3.65. The van der Waals surface area contributed by atoms with Crippen LogP contribution in [0, 0.1) is 12.8 Å². The first-order valence-corrected chi connectivity index (χ1v) is 12.1. The molecule has 1 aromatic carbocycles. The highest BCUT2D eigenvalue weighted by Crippen LogP contribution is 2.35. The maximum Gasteiger partial charge on any atom is 0.310 e. The summed E-state index contributed by atoms with van der Waals surface area (Å²) in [6.45, 7) is 7.08. The Labute approximate surface area is 206 Å². The predicted octanol–water partition coefficient (Wildman–Crippen LogP) is 3.36. The first-order chi connectivity index (χ1) is 16.9. The van der Waals surface area contributed by atoms with Gasteiger partial charge in [0, 0.05) is 61.5 Å². The zero-order chi connectivity index (χ0) is 24.9. The van der Waals surface area contributed by atoms with Crippen LogP contribution in [0.2, 0.25) is 0 Å². The summed E-state index contributed by atoms with van der Waals surface area (Å²) >= 11 is 0. The molecule has 1 atom stereocenters. The van der Waals surface area contributed by atoms with E-state index in [1.54, 1.807) is 14.2 Å². The standard InChI is InChI=1S/C26H35N5O4/c1-6-35-26(32)18-8-7-9-31(16-18)25-20(13-27-14-21-15-28-30(3)17(21)2)10-19-11-23(33-4)24(34-5)12-22(19)29-25/h10-12,15,18,27H,6-9,13-14,16H2,1-5H3/t18-/m0/s1. The number of aryl methyl sites for hydroxylation is 1. The molecule has 35 heavy (non-hydrogen) atoms. The molecule has 1 saturated heterocycles. The van der Waals surface area contributed by atoms with Crippen LogP contribution in [0.5, 0.6) is 11.5 Å². The van der Waals surface area contributed by atoms with Crippen LogP contribution in [-0.2, 0) is 29.7 Å². The first-order valence-electron chi connectivity index (χ1n) is 12.1. The van der Waals surface area contributed by atoms with Crippen molar-refractivity contribution in [2.24, 2.45) is 13.0 Å². The molecule has 0 radical (unpaired) electrons. The molecule has 3 aromatic rings. The average Bonchev–Trinajstić information content (AvgIpc) is 3.20. The van der Waals surface area contributed by atoms with Gasteiger partial charge in [0.05, 0.1) is 38.5 Å². The van der Waals surface area contributed by atoms with Crippen molar-refractivity contribution in [2.45, 2.75) is 39.8 Å². The number of rotatable bonds is 9. The van der Waals surface area contributed by atoms with E-state index in [0.717, 1.165) is 52.9 Å². The molecule has 9 heteroatoms. The largest absolute Gasteiger partial charge is 0.493 e. The van der Waals surface area contributed by atoms with Gasteiger partial charge in [-0.25, -0.2) is 4.98 Å². The van der Waals surface area contributed by atoms with E-state index in [2.05, 4.69) is 28.3 Å². The number of hydrogen-bond donors (Lipinski definition) is 1. The van der Waals surface area contributed by atoms with Crippen molar-refractivity contribution < 1.29 is 19.0 Å². The van der Waals surface area contributed by atoms with Crippen LogP contribution in [0.15, 0.2) is 24.4 Å². The van der Waals surface area contributed by atoms with Gasteiger partial charge in [-0.05, 0) is 38.8 Å². The second-order valence-electron chi connectivity index (χ2n) is 8.89. The van der Waals surface area contributed by atoms with Crippen LogP contribution < -0.4 is 19.7 Å². The maximum atomic E-state index is 12.5. The number of anilines is 1. The van der Waals surface area contributed by atoms with Gasteiger partial charge in [0.1, 0.15) is 5.82 Å². The third-order valence-electron chi connectivity index (χ3n) is 6.68. The maximum absolute atomic E-state index is 12.5. The number of carbonyl (C=O) groups is 1. The Morgan fingerprint density at radius 2 is 1.89 bits per heavy atom. The number of benzene rings is 1. The molecule has 0 spiro atoms. The van der Waals surface area contributed by atoms with Crippen LogP contribution in [0.3, 0.4) is 0 Å². The highest BCUT2D eigenvalue weighted by molar-refractivity contribution is 5.85. The lowest BCUT2D eigenvalue weighted by atomic mass is 9.97. The van der Waals surface area contributed by atoms with Crippen molar-refractivity contribution in [3.05, 3.63) is 41.2 Å². The zero-order valence-electron chi connectivity index (χ0n) is 21.3. The SMILES string of the molecule is CCOC(=O)[C@H]1CCCN(c2nc3cc(OC)c(OC)cc3cc2CNCc2cnn(C)c2C)C1. The third-order valence-corrected chi connectivity index (χ3v) is 6.68. The number of hydrogen-bond acceptors (Lipinski definition) is 8. The third kappa shape index (κ3) is 5.35. The average molecular weight is 482 g/mol. The minimum absolute atomic E-state index is 0.129. The molecule has 9 nitrogen and oxygen atoms in total. The van der Waals surface area contributed by atoms with E-state index in [0.29, 0.717) is 37.7 Å². The molecule has 2 aromatic heterocycles. The summed E-state index contributed by atoms with van der Waals surface area (Å²) < 4.78 is 18.2. The summed E-state index contributed by atoms with van der Waals surface area (Å²) in [5.74, 6) is 1.91. The van der Waals surface area contributed by atoms with Crippen LogP contribution >= 0.6 is 0 Å². The molecule has 0 amide bonds. The number of fused-ring (bicyclic) bond motifs is 1. The van der Waals surface area contributed by atoms with Crippen molar-refractivity contribution in [1.82, 2.24) is 20.1 Å². The Bertz CT molecular complexity index is 1190. The summed E-state index contributed by atoms with van der Waals surface area (Å²) in [4.78, 5) is 19.7. The summed E-state index contributed by atoms with van der Waals surface area (Å²) in [7, 11) is 5.20. The van der Waals surface area contributed by atoms with Gasteiger partial charge in [-0.3, -0.25) is 9.48 Å². The van der Waals surface area contributed by atoms with Crippen LogP contribution in [-0.4, -0.2) is 54.6 Å². The van der Waals surface area contributed by atoms with Gasteiger partial charge in [0.25, 0.3) is 0 Å². The molecule has 1 aliphatic heterocycles. The molecule has 1 N–H and O–H groups in total. The number of ether oxygens (including phenoxy) is 3. The smallest absolute Gasteiger partial charge is 0.310 e. The van der Waals surface area contributed by atoms with E-state index in [9.17, 15) is 4.79 Å². The normalized spacial score (nSPS) is 15.9. The number of pyridine rings is 1. The van der Waals surface area contributed by atoms with Crippen molar-refractivity contribution in [1.29, 1.82) is 0 Å². The molecule has 0 bridgehead atoms. The van der Waals surface area contributed by atoms with Crippen molar-refractivity contribution >= 4 is 22.7 Å². The van der Waals surface area contributed by atoms with Crippen molar-refractivity contribution in [3.8, 4) is 11.5 Å². The fraction of sp³-hybridized carbons (Fsp3) is 0.500. The Hall–Kier alpha value is -3.33. The lowest BCUT2D eigenvalue weighted by Gasteiger charge is -2.34. The van der Waals surface area contributed by atoms with E-state index in [4.69, 9.17) is 19.2 Å². The molecule has 1 aliphatic rings. The Morgan fingerprint density at radius 3 is 2.57 bits per heavy atom. The molecule has 0 unspecified atom stereocenters. The minimum Gasteiger partial charge on any atom is -0.493 e. The Kier molecular flexibility index (Phi) is 7.75. The second kappa shape index (κ2) is 10.9. The zero-order valence-corrected chi connectivity index (χ0v) is 21.3. The summed E-state index contributed by atoms with van der Waals surface area (Å²) in [5.41, 5.74) is 4.19. The van der Waals surface area contributed by atoms with Gasteiger partial charge >= 0.3 is 5.97 Å². The van der Waals surface area contributed by atoms with Gasteiger partial charge in [-0.2, -0.15) is 5.10 Å². The number of aromatic nitrogens is 3. The number of esters is 1. The quantitative estimate of drug-likeness (QED) is 0.465. The molecular weight excluding hydrogens is 446 g/mol. The van der Waals surface area contributed by atoms with Crippen LogP contribution in [0.4, 0.5) is 5.82 Å². The number of nitrogens with zero attached hydrogens (tertiary/aromatic N) is 4. The number of nitrogens with one attached hydrogen (secondary N) is 1. The van der Waals surface area contributed by atoms with Crippen LogP contribution in [0.1, 0.15) is 36.6 Å². The second-order valence-corrected chi connectivity index (χ2v) is 8.89. The van der Waals surface area contributed by atoms with Gasteiger partial charge in [0.2, 0.25) is 0 Å². The molecule has 1 fully saturated rings. The number of carbonyl (C=O) groups excluding carboxylic acids is 1. The first kappa shape index (κ1) is 24.8. The predicted molar refractivity (Wildman–Crippen MR) is 135 cm³/mol. The Balaban J connectivity index is 1.66. The lowest BCUT2D eigenvalue weighted by molar-refractivity contribution is -0.148.